The van der Waals surface area contributed by atoms with Crippen LogP contribution in [0.15, 0.2) is 61.0 Å². The van der Waals surface area contributed by atoms with E-state index in [1.807, 2.05) is 18.2 Å². The first-order valence-corrected chi connectivity index (χ1v) is 7.52. The van der Waals surface area contributed by atoms with Crippen molar-refractivity contribution in [1.29, 1.82) is 5.39 Å². The number of esters is 1. The molecule has 0 radical (unpaired) electrons. The molecule has 0 atom stereocenters. The van der Waals surface area contributed by atoms with Crippen LogP contribution in [0.1, 0.15) is 18.9 Å². The van der Waals surface area contributed by atoms with Gasteiger partial charge in [0.1, 0.15) is 5.75 Å². The maximum absolute atomic E-state index is 12.0. The van der Waals surface area contributed by atoms with Crippen LogP contribution in [0.3, 0.4) is 0 Å². The molecule has 1 rings (SSSR count). The predicted octanol–water partition coefficient (Wildman–Crippen LogP) is 3.80. The number of allylic oxidation sites excluding steroid dienone is 1. The number of benzene rings is 1. The summed E-state index contributed by atoms with van der Waals surface area (Å²) >= 11 is 0. The van der Waals surface area contributed by atoms with Gasteiger partial charge in [-0.05, 0) is 12.5 Å². The number of hydrogen-bond donors (Lipinski definition) is 1. The number of aliphatic hydroxyl groups excluding tert-OH is 1. The molecule has 0 saturated carbocycles. The summed E-state index contributed by atoms with van der Waals surface area (Å²) in [4.78, 5) is 16.9. The van der Waals surface area contributed by atoms with Gasteiger partial charge in [-0.1, -0.05) is 30.4 Å². The SMILES string of the molecule is C=CCCN(CC=C)Cc1ccccc1OC(=O)/C([N+]#N)=C(/C)O. The molecule has 126 valence electrons. The van der Waals surface area contributed by atoms with Crippen molar-refractivity contribution in [1.82, 2.24) is 4.90 Å². The monoisotopic (exact) mass is 328 g/mol. The number of hydrogen-bond acceptors (Lipinski definition) is 5. The summed E-state index contributed by atoms with van der Waals surface area (Å²) < 4.78 is 5.26. The van der Waals surface area contributed by atoms with E-state index >= 15 is 0 Å². The number of carbonyl (C=O) groups is 1. The maximum atomic E-state index is 12.0. The van der Waals surface area contributed by atoms with Crippen LogP contribution in [0.25, 0.3) is 4.98 Å². The molecule has 0 aliphatic carbocycles. The van der Waals surface area contributed by atoms with Crippen molar-refractivity contribution in [3.8, 4) is 5.75 Å². The second-order valence-corrected chi connectivity index (χ2v) is 5.13. The molecule has 0 saturated heterocycles. The molecule has 0 spiro atoms. The summed E-state index contributed by atoms with van der Waals surface area (Å²) in [5.74, 6) is -0.997. The van der Waals surface area contributed by atoms with Gasteiger partial charge in [0.25, 0.3) is 0 Å². The van der Waals surface area contributed by atoms with Crippen LogP contribution in [-0.4, -0.2) is 29.1 Å². The highest BCUT2D eigenvalue weighted by molar-refractivity contribution is 5.92. The van der Waals surface area contributed by atoms with E-state index in [1.165, 1.54) is 6.92 Å². The molecule has 24 heavy (non-hydrogen) atoms. The predicted molar refractivity (Wildman–Crippen MR) is 92.8 cm³/mol. The van der Waals surface area contributed by atoms with E-state index in [0.717, 1.165) is 18.5 Å². The molecule has 0 amide bonds. The Hall–Kier alpha value is -2.91. The summed E-state index contributed by atoms with van der Waals surface area (Å²) in [5, 5.41) is 18.1. The lowest BCUT2D eigenvalue weighted by Gasteiger charge is -2.21. The largest absolute Gasteiger partial charge is 0.505 e. The zero-order valence-corrected chi connectivity index (χ0v) is 13.8. The lowest BCUT2D eigenvalue weighted by Crippen LogP contribution is -2.25. The topological polar surface area (TPSA) is 77.9 Å². The van der Waals surface area contributed by atoms with Crippen LogP contribution < -0.4 is 4.74 Å². The maximum Gasteiger partial charge on any atom is 0.505 e. The van der Waals surface area contributed by atoms with E-state index in [2.05, 4.69) is 23.0 Å². The average molecular weight is 328 g/mol. The highest BCUT2D eigenvalue weighted by atomic mass is 16.5. The van der Waals surface area contributed by atoms with E-state index in [4.69, 9.17) is 10.1 Å². The number of para-hydroxylation sites is 1. The fraction of sp³-hybridized carbons (Fsp3) is 0.278. The molecule has 0 unspecified atom stereocenters. The minimum absolute atomic E-state index is 0.345. The minimum atomic E-state index is -0.925. The first-order valence-electron chi connectivity index (χ1n) is 7.52. The molecule has 1 N–H and O–H groups in total. The Balaban J connectivity index is 2.97. The van der Waals surface area contributed by atoms with Gasteiger partial charge in [0.05, 0.1) is 0 Å². The summed E-state index contributed by atoms with van der Waals surface area (Å²) in [5.41, 5.74) is 0.268. The molecule has 0 bridgehead atoms. The molecule has 0 fully saturated rings. The van der Waals surface area contributed by atoms with Gasteiger partial charge in [0.15, 0.2) is 10.7 Å². The molecule has 0 aliphatic heterocycles. The molecule has 6 heteroatoms. The van der Waals surface area contributed by atoms with Crippen molar-refractivity contribution in [2.45, 2.75) is 19.9 Å². The molecular weight excluding hydrogens is 306 g/mol. The second kappa shape index (κ2) is 9.98. The first-order chi connectivity index (χ1) is 11.5. The highest BCUT2D eigenvalue weighted by Gasteiger charge is 2.29. The summed E-state index contributed by atoms with van der Waals surface area (Å²) in [7, 11) is 0. The van der Waals surface area contributed by atoms with Gasteiger partial charge in [-0.2, -0.15) is 0 Å². The van der Waals surface area contributed by atoms with Crippen LogP contribution in [0.2, 0.25) is 0 Å². The number of carbonyl (C=O) groups excluding carboxylic acids is 1. The van der Waals surface area contributed by atoms with Gasteiger partial charge in [0, 0.05) is 32.1 Å². The Morgan fingerprint density at radius 3 is 2.67 bits per heavy atom. The van der Waals surface area contributed by atoms with Crippen LogP contribution in [0, 0.1) is 5.39 Å². The van der Waals surface area contributed by atoms with Gasteiger partial charge in [-0.3, -0.25) is 4.90 Å². The van der Waals surface area contributed by atoms with E-state index in [-0.39, 0.29) is 0 Å². The lowest BCUT2D eigenvalue weighted by molar-refractivity contribution is -0.130. The quantitative estimate of drug-likeness (QED) is 0.186. The Morgan fingerprint density at radius 2 is 2.08 bits per heavy atom. The van der Waals surface area contributed by atoms with Gasteiger partial charge >= 0.3 is 11.7 Å². The van der Waals surface area contributed by atoms with Crippen LogP contribution in [0.4, 0.5) is 0 Å². The number of aliphatic hydroxyl groups is 1. The fourth-order valence-electron chi connectivity index (χ4n) is 2.08. The van der Waals surface area contributed by atoms with Crippen molar-refractivity contribution in [3.05, 3.63) is 71.6 Å². The highest BCUT2D eigenvalue weighted by Crippen LogP contribution is 2.22. The Morgan fingerprint density at radius 1 is 1.38 bits per heavy atom. The zero-order valence-electron chi connectivity index (χ0n) is 13.8. The third-order valence-corrected chi connectivity index (χ3v) is 3.24. The Kier molecular flexibility index (Phi) is 7.96. The molecule has 1 aromatic rings. The van der Waals surface area contributed by atoms with Gasteiger partial charge in [-0.15, -0.1) is 13.2 Å². The number of diazo groups is 1. The van der Waals surface area contributed by atoms with E-state index in [0.29, 0.717) is 18.8 Å². The summed E-state index contributed by atoms with van der Waals surface area (Å²) in [6, 6.07) is 7.07. The van der Waals surface area contributed by atoms with Crippen molar-refractivity contribution in [3.63, 3.8) is 0 Å². The standard InChI is InChI=1S/C18H21N3O3/c1-4-6-12-21(11-5-2)13-15-9-7-8-10-16(15)24-18(23)17(20-19)14(3)22/h4-5,7-10H,1-2,6,11-13H2,3H3/p+1. The van der Waals surface area contributed by atoms with Gasteiger partial charge in [-0.25, -0.2) is 4.79 Å². The normalized spacial score (nSPS) is 11.4. The third kappa shape index (κ3) is 5.71. The van der Waals surface area contributed by atoms with Crippen molar-refractivity contribution in [2.75, 3.05) is 13.1 Å². The number of nitrogens with zero attached hydrogens (tertiary/aromatic N) is 3. The molecule has 0 aromatic heterocycles. The van der Waals surface area contributed by atoms with Crippen LogP contribution in [0.5, 0.6) is 5.75 Å². The molecule has 0 heterocycles. The first kappa shape index (κ1) is 19.1. The lowest BCUT2D eigenvalue weighted by atomic mass is 10.1. The van der Waals surface area contributed by atoms with Crippen LogP contribution in [-0.2, 0) is 11.3 Å². The molecule has 1 aromatic carbocycles. The smallest absolute Gasteiger partial charge is 0.505 e. The minimum Gasteiger partial charge on any atom is -0.505 e. The fourth-order valence-corrected chi connectivity index (χ4v) is 2.08. The Labute approximate surface area is 142 Å². The summed E-state index contributed by atoms with van der Waals surface area (Å²) in [6.07, 6.45) is 4.47. The molecular formula is C18H22N3O3+. The molecule has 0 aliphatic rings. The molecule has 6 nitrogen and oxygen atoms in total. The Bertz CT molecular complexity index is 670. The number of rotatable bonds is 9. The van der Waals surface area contributed by atoms with E-state index < -0.39 is 17.4 Å². The van der Waals surface area contributed by atoms with Crippen molar-refractivity contribution >= 4 is 5.97 Å². The number of ether oxygens (including phenoxy) is 1. The van der Waals surface area contributed by atoms with E-state index in [1.54, 1.807) is 18.2 Å². The van der Waals surface area contributed by atoms with E-state index in [9.17, 15) is 9.90 Å². The van der Waals surface area contributed by atoms with Gasteiger partial charge < -0.3 is 9.84 Å². The zero-order chi connectivity index (χ0) is 17.9. The van der Waals surface area contributed by atoms with Crippen LogP contribution >= 0.6 is 0 Å². The second-order valence-electron chi connectivity index (χ2n) is 5.13. The summed E-state index contributed by atoms with van der Waals surface area (Å²) in [6.45, 7) is 10.7. The van der Waals surface area contributed by atoms with Gasteiger partial charge in [0.2, 0.25) is 5.39 Å². The van der Waals surface area contributed by atoms with Crippen molar-refractivity contribution < 1.29 is 14.6 Å². The van der Waals surface area contributed by atoms with Crippen molar-refractivity contribution in [2.24, 2.45) is 0 Å². The third-order valence-electron chi connectivity index (χ3n) is 3.24. The average Bonchev–Trinajstić information content (AvgIpc) is 2.54.